The van der Waals surface area contributed by atoms with E-state index in [-0.39, 0.29) is 17.4 Å². The normalized spacial score (nSPS) is 9.29. The van der Waals surface area contributed by atoms with Crippen LogP contribution < -0.4 is 0 Å². The van der Waals surface area contributed by atoms with E-state index in [1.165, 1.54) is 0 Å². The molecule has 0 radical (unpaired) electrons. The molecule has 0 rings (SSSR count). The average molecular weight is 138 g/mol. The Morgan fingerprint density at radius 1 is 1.71 bits per heavy atom. The zero-order valence-electron chi connectivity index (χ0n) is 3.81. The first-order valence-electron chi connectivity index (χ1n) is 1.97. The van der Waals surface area contributed by atoms with Crippen LogP contribution in [0, 0.1) is 0 Å². The Kier molecular flexibility index (Phi) is 15.0. The van der Waals surface area contributed by atoms with Crippen LogP contribution in [0.5, 0.6) is 0 Å². The quantitative estimate of drug-likeness (QED) is 0.309. The summed E-state index contributed by atoms with van der Waals surface area (Å²) in [6.07, 6.45) is 0.954. The van der Waals surface area contributed by atoms with Crippen LogP contribution >= 0.6 is 8.69 Å². The minimum Gasteiger partial charge on any atom is -0.333 e. The summed E-state index contributed by atoms with van der Waals surface area (Å²) in [7, 11) is -0.966. The van der Waals surface area contributed by atoms with Gasteiger partial charge in [-0.2, -0.15) is 0 Å². The van der Waals surface area contributed by atoms with Crippen LogP contribution in [0.15, 0.2) is 0 Å². The Morgan fingerprint density at radius 2 is 2.29 bits per heavy atom. The largest absolute Gasteiger partial charge is 0.333 e. The minimum atomic E-state index is -0.966. The van der Waals surface area contributed by atoms with E-state index in [0.29, 0.717) is 6.61 Å². The molecular formula is C3H12AlO2P. The summed E-state index contributed by atoms with van der Waals surface area (Å²) in [6.45, 7) is 2.62. The molecule has 44 valence electrons. The fourth-order valence-corrected chi connectivity index (χ4v) is 0.498. The molecule has 0 saturated heterocycles. The molecule has 0 aromatic rings. The number of hydrogen-bond acceptors (Lipinski definition) is 2. The Balaban J connectivity index is 0. The second-order valence-corrected chi connectivity index (χ2v) is 1.49. The SMILES string of the molecule is CCCO[PH2]=O.[AlH3]. The molecule has 2 nitrogen and oxygen atoms in total. The lowest BCUT2D eigenvalue weighted by Crippen LogP contribution is -1.74. The molecule has 1 unspecified atom stereocenters. The Hall–Kier alpha value is 0.722. The molecular weight excluding hydrogens is 126 g/mol. The van der Waals surface area contributed by atoms with Crippen molar-refractivity contribution in [3.8, 4) is 0 Å². The van der Waals surface area contributed by atoms with Gasteiger partial charge in [-0.1, -0.05) is 6.92 Å². The van der Waals surface area contributed by atoms with Crippen molar-refractivity contribution in [1.82, 2.24) is 0 Å². The molecule has 0 bridgehead atoms. The van der Waals surface area contributed by atoms with Crippen LogP contribution in [0.25, 0.3) is 0 Å². The highest BCUT2D eigenvalue weighted by atomic mass is 31.1. The van der Waals surface area contributed by atoms with E-state index >= 15 is 0 Å². The predicted molar refractivity (Wildman–Crippen MR) is 36.6 cm³/mol. The molecule has 0 N–H and O–H groups in total. The molecule has 4 heteroatoms. The van der Waals surface area contributed by atoms with Gasteiger partial charge in [0, 0.05) is 0 Å². The molecule has 0 amide bonds. The van der Waals surface area contributed by atoms with Crippen LogP contribution in [-0.2, 0) is 9.09 Å². The molecule has 0 aliphatic heterocycles. The topological polar surface area (TPSA) is 26.3 Å². The van der Waals surface area contributed by atoms with Gasteiger partial charge in [0.25, 0.3) is 0 Å². The van der Waals surface area contributed by atoms with E-state index in [1.54, 1.807) is 0 Å². The second kappa shape index (κ2) is 9.87. The summed E-state index contributed by atoms with van der Waals surface area (Å²) in [5.74, 6) is 0. The third-order valence-electron chi connectivity index (χ3n) is 0.390. The van der Waals surface area contributed by atoms with Crippen LogP contribution in [-0.4, -0.2) is 24.0 Å². The highest BCUT2D eigenvalue weighted by Gasteiger charge is 1.71. The minimum absolute atomic E-state index is 0. The van der Waals surface area contributed by atoms with Crippen molar-refractivity contribution in [3.05, 3.63) is 0 Å². The maximum atomic E-state index is 9.55. The summed E-state index contributed by atoms with van der Waals surface area (Å²) in [5.41, 5.74) is 0. The monoisotopic (exact) mass is 138 g/mol. The Labute approximate surface area is 55.7 Å². The summed E-state index contributed by atoms with van der Waals surface area (Å²) in [5, 5.41) is 0. The third kappa shape index (κ3) is 10.8. The van der Waals surface area contributed by atoms with Gasteiger partial charge in [-0.25, -0.2) is 0 Å². The standard InChI is InChI=1S/C3H9O2P.Al.3H/c1-2-3-5-6-4;;;;/h2-3,6H2,1H3;;;;. The van der Waals surface area contributed by atoms with Crippen molar-refractivity contribution in [2.24, 2.45) is 0 Å². The van der Waals surface area contributed by atoms with E-state index < -0.39 is 8.69 Å². The molecule has 0 aromatic carbocycles. The highest BCUT2D eigenvalue weighted by molar-refractivity contribution is 7.17. The van der Waals surface area contributed by atoms with Crippen molar-refractivity contribution < 1.29 is 9.09 Å². The predicted octanol–water partition coefficient (Wildman–Crippen LogP) is -0.0996. The lowest BCUT2D eigenvalue weighted by molar-refractivity contribution is 0.342. The summed E-state index contributed by atoms with van der Waals surface area (Å²) in [4.78, 5) is 0. The van der Waals surface area contributed by atoms with Gasteiger partial charge in [0.05, 0.1) is 6.61 Å². The second-order valence-electron chi connectivity index (χ2n) is 0.967. The Bertz CT molecular complexity index is 41.9. The lowest BCUT2D eigenvalue weighted by Gasteiger charge is -1.84. The van der Waals surface area contributed by atoms with Crippen molar-refractivity contribution in [2.45, 2.75) is 13.3 Å². The molecule has 0 saturated carbocycles. The fourth-order valence-electron chi connectivity index (χ4n) is 0.166. The first-order chi connectivity index (χ1) is 2.91. The number of rotatable bonds is 3. The van der Waals surface area contributed by atoms with Gasteiger partial charge < -0.3 is 4.52 Å². The molecule has 0 aliphatic rings. The van der Waals surface area contributed by atoms with Crippen LogP contribution in [0.4, 0.5) is 0 Å². The molecule has 0 aliphatic carbocycles. The van der Waals surface area contributed by atoms with Crippen LogP contribution in [0.1, 0.15) is 13.3 Å². The van der Waals surface area contributed by atoms with E-state index in [0.717, 1.165) is 6.42 Å². The van der Waals surface area contributed by atoms with E-state index in [9.17, 15) is 4.57 Å². The number of hydrogen-bond donors (Lipinski definition) is 0. The van der Waals surface area contributed by atoms with Gasteiger partial charge in [0.1, 0.15) is 0 Å². The van der Waals surface area contributed by atoms with Gasteiger partial charge in [-0.05, 0) is 6.42 Å². The third-order valence-corrected chi connectivity index (χ3v) is 0.762. The average Bonchev–Trinajstić information content (AvgIpc) is 1.61. The van der Waals surface area contributed by atoms with Crippen molar-refractivity contribution in [2.75, 3.05) is 6.61 Å². The molecule has 0 spiro atoms. The van der Waals surface area contributed by atoms with Crippen molar-refractivity contribution >= 4 is 26.0 Å². The maximum absolute atomic E-state index is 9.55. The smallest absolute Gasteiger partial charge is 0.187 e. The van der Waals surface area contributed by atoms with E-state index in [1.807, 2.05) is 6.92 Å². The molecule has 0 aromatic heterocycles. The summed E-state index contributed by atoms with van der Waals surface area (Å²) in [6, 6.07) is 0. The summed E-state index contributed by atoms with van der Waals surface area (Å²) < 4.78 is 14.1. The molecule has 0 fully saturated rings. The first kappa shape index (κ1) is 10.7. The van der Waals surface area contributed by atoms with Crippen LogP contribution in [0.3, 0.4) is 0 Å². The molecule has 7 heavy (non-hydrogen) atoms. The van der Waals surface area contributed by atoms with Crippen molar-refractivity contribution in [1.29, 1.82) is 0 Å². The Morgan fingerprint density at radius 3 is 2.43 bits per heavy atom. The van der Waals surface area contributed by atoms with Crippen molar-refractivity contribution in [3.63, 3.8) is 0 Å². The first-order valence-corrected chi connectivity index (χ1v) is 2.91. The maximum Gasteiger partial charge on any atom is 0.187 e. The molecule has 1 atom stereocenters. The zero-order chi connectivity index (χ0) is 4.83. The van der Waals surface area contributed by atoms with Crippen LogP contribution in [0.2, 0.25) is 0 Å². The van der Waals surface area contributed by atoms with Gasteiger partial charge in [0.15, 0.2) is 26.0 Å². The highest BCUT2D eigenvalue weighted by Crippen LogP contribution is 1.93. The fraction of sp³-hybridized carbons (Fsp3) is 1.00. The lowest BCUT2D eigenvalue weighted by atomic mass is 10.5. The zero-order valence-corrected chi connectivity index (χ0v) is 4.96. The molecule has 0 heterocycles. The van der Waals surface area contributed by atoms with Gasteiger partial charge >= 0.3 is 0 Å². The van der Waals surface area contributed by atoms with Gasteiger partial charge in [-0.15, -0.1) is 0 Å². The van der Waals surface area contributed by atoms with E-state index in [4.69, 9.17) is 0 Å². The van der Waals surface area contributed by atoms with Gasteiger partial charge in [0.2, 0.25) is 0 Å². The van der Waals surface area contributed by atoms with Gasteiger partial charge in [-0.3, -0.25) is 4.57 Å². The summed E-state index contributed by atoms with van der Waals surface area (Å²) >= 11 is 0. The van der Waals surface area contributed by atoms with E-state index in [2.05, 4.69) is 4.52 Å².